The molecule has 7 nitrogen and oxygen atoms in total. The molecule has 1 heterocycles. The molecule has 0 aliphatic heterocycles. The first-order chi connectivity index (χ1) is 13.8. The normalized spacial score (nSPS) is 12.5. The third-order valence-corrected chi connectivity index (χ3v) is 6.98. The van der Waals surface area contributed by atoms with Crippen molar-refractivity contribution in [1.29, 1.82) is 0 Å². The lowest BCUT2D eigenvalue weighted by molar-refractivity contribution is -0.115. The number of benzene rings is 2. The van der Waals surface area contributed by atoms with Crippen molar-refractivity contribution in [1.82, 2.24) is 14.9 Å². The quantitative estimate of drug-likeness (QED) is 0.558. The maximum atomic E-state index is 13.0. The summed E-state index contributed by atoms with van der Waals surface area (Å²) in [5.41, 5.74) is 3.75. The molecule has 2 N–H and O–H groups in total. The number of amides is 1. The number of rotatable bonds is 7. The van der Waals surface area contributed by atoms with Gasteiger partial charge in [0.15, 0.2) is 0 Å². The number of aryl methyl sites for hydroxylation is 2. The molecule has 0 spiro atoms. The number of aromatic nitrogens is 2. The van der Waals surface area contributed by atoms with Gasteiger partial charge in [0.2, 0.25) is 15.4 Å². The van der Waals surface area contributed by atoms with Crippen LogP contribution in [0.4, 0.5) is 5.13 Å². The Balaban J connectivity index is 1.96. The van der Waals surface area contributed by atoms with Crippen molar-refractivity contribution in [3.05, 3.63) is 70.8 Å². The number of hydrogen-bond acceptors (Lipinski definition) is 6. The number of carbonyl (C=O) groups is 1. The summed E-state index contributed by atoms with van der Waals surface area (Å²) in [6, 6.07) is 14.7. The van der Waals surface area contributed by atoms with Gasteiger partial charge in [0.05, 0.1) is 6.04 Å². The highest BCUT2D eigenvalue weighted by Gasteiger charge is 2.27. The van der Waals surface area contributed by atoms with E-state index in [1.165, 1.54) is 0 Å². The van der Waals surface area contributed by atoms with E-state index in [-0.39, 0.29) is 21.8 Å². The lowest BCUT2D eigenvalue weighted by Crippen LogP contribution is -2.30. The van der Waals surface area contributed by atoms with Crippen molar-refractivity contribution in [2.45, 2.75) is 37.6 Å². The zero-order valence-electron chi connectivity index (χ0n) is 16.3. The van der Waals surface area contributed by atoms with Crippen LogP contribution >= 0.6 is 11.3 Å². The second kappa shape index (κ2) is 8.81. The van der Waals surface area contributed by atoms with Gasteiger partial charge in [-0.3, -0.25) is 4.79 Å². The Labute approximate surface area is 174 Å². The molecule has 1 aromatic heterocycles. The largest absolute Gasteiger partial charge is 0.301 e. The maximum absolute atomic E-state index is 13.0. The van der Waals surface area contributed by atoms with Crippen LogP contribution in [0.5, 0.6) is 0 Å². The van der Waals surface area contributed by atoms with Crippen molar-refractivity contribution >= 4 is 32.4 Å². The van der Waals surface area contributed by atoms with E-state index in [1.54, 1.807) is 6.92 Å². The van der Waals surface area contributed by atoms with Crippen LogP contribution in [0.2, 0.25) is 0 Å². The molecule has 0 radical (unpaired) electrons. The lowest BCUT2D eigenvalue weighted by atomic mass is 9.95. The molecule has 9 heteroatoms. The van der Waals surface area contributed by atoms with Gasteiger partial charge in [0.25, 0.3) is 10.0 Å². The average Bonchev–Trinajstić information content (AvgIpc) is 3.16. The minimum absolute atomic E-state index is 0.153. The molecular formula is C20H22N4O3S2. The minimum Gasteiger partial charge on any atom is -0.301 e. The highest BCUT2D eigenvalue weighted by atomic mass is 32.2. The molecule has 1 amide bonds. The zero-order chi connectivity index (χ0) is 21.0. The summed E-state index contributed by atoms with van der Waals surface area (Å²) < 4.78 is 28.6. The maximum Gasteiger partial charge on any atom is 0.270 e. The van der Waals surface area contributed by atoms with Crippen molar-refractivity contribution in [2.24, 2.45) is 0 Å². The Bertz CT molecular complexity index is 1110. The molecule has 152 valence electrons. The number of nitrogens with zero attached hydrogens (tertiary/aromatic N) is 2. The van der Waals surface area contributed by atoms with Gasteiger partial charge in [-0.15, -0.1) is 10.2 Å². The second-order valence-corrected chi connectivity index (χ2v) is 9.47. The first kappa shape index (κ1) is 21.1. The third kappa shape index (κ3) is 5.06. The molecule has 0 bridgehead atoms. The number of hydrogen-bond donors (Lipinski definition) is 2. The van der Waals surface area contributed by atoms with Crippen molar-refractivity contribution in [2.75, 3.05) is 5.32 Å². The molecule has 0 aliphatic rings. The fourth-order valence-electron chi connectivity index (χ4n) is 2.89. The van der Waals surface area contributed by atoms with Gasteiger partial charge in [-0.05, 0) is 30.5 Å². The highest BCUT2D eigenvalue weighted by Crippen LogP contribution is 2.29. The Morgan fingerprint density at radius 3 is 2.48 bits per heavy atom. The number of anilines is 1. The van der Waals surface area contributed by atoms with Crippen LogP contribution in [0.1, 0.15) is 41.6 Å². The summed E-state index contributed by atoms with van der Waals surface area (Å²) in [4.78, 5) is 11.5. The van der Waals surface area contributed by atoms with Crippen molar-refractivity contribution in [3.8, 4) is 0 Å². The molecule has 29 heavy (non-hydrogen) atoms. The molecule has 0 aliphatic carbocycles. The second-order valence-electron chi connectivity index (χ2n) is 6.60. The summed E-state index contributed by atoms with van der Waals surface area (Å²) in [6.07, 6.45) is 0.267. The molecule has 0 fully saturated rings. The van der Waals surface area contributed by atoms with E-state index in [0.29, 0.717) is 0 Å². The summed E-state index contributed by atoms with van der Waals surface area (Å²) >= 11 is 0.818. The molecule has 1 atom stereocenters. The Morgan fingerprint density at radius 2 is 1.83 bits per heavy atom. The molecule has 0 saturated heterocycles. The van der Waals surface area contributed by atoms with E-state index in [4.69, 9.17) is 0 Å². The van der Waals surface area contributed by atoms with E-state index in [1.807, 2.05) is 62.4 Å². The van der Waals surface area contributed by atoms with Crippen molar-refractivity contribution in [3.63, 3.8) is 0 Å². The first-order valence-electron chi connectivity index (χ1n) is 9.08. The van der Waals surface area contributed by atoms with Gasteiger partial charge in [-0.1, -0.05) is 72.4 Å². The smallest absolute Gasteiger partial charge is 0.270 e. The number of carbonyl (C=O) groups excluding carboxylic acids is 1. The van der Waals surface area contributed by atoms with E-state index >= 15 is 0 Å². The van der Waals surface area contributed by atoms with Gasteiger partial charge in [0.1, 0.15) is 0 Å². The minimum atomic E-state index is -3.96. The predicted molar refractivity (Wildman–Crippen MR) is 113 cm³/mol. The van der Waals surface area contributed by atoms with E-state index in [9.17, 15) is 13.2 Å². The molecular weight excluding hydrogens is 408 g/mol. The van der Waals surface area contributed by atoms with Crippen LogP contribution < -0.4 is 10.0 Å². The number of sulfonamides is 1. The molecule has 3 aromatic rings. The molecule has 0 saturated carbocycles. The first-order valence-corrected chi connectivity index (χ1v) is 11.4. The van der Waals surface area contributed by atoms with Crippen LogP contribution in [0.3, 0.4) is 0 Å². The van der Waals surface area contributed by atoms with Crippen LogP contribution in [0.15, 0.2) is 52.9 Å². The van der Waals surface area contributed by atoms with E-state index < -0.39 is 16.1 Å². The van der Waals surface area contributed by atoms with Crippen LogP contribution in [-0.4, -0.2) is 24.5 Å². The summed E-state index contributed by atoms with van der Waals surface area (Å²) in [7, 11) is -3.96. The SMILES string of the molecule is CCC(=O)Nc1nnc(S(=O)(=O)N[C@@H](c2ccccc2)c2ccc(C)cc2C)s1. The summed E-state index contributed by atoms with van der Waals surface area (Å²) in [6.45, 7) is 5.64. The highest BCUT2D eigenvalue weighted by molar-refractivity contribution is 7.91. The van der Waals surface area contributed by atoms with Gasteiger partial charge >= 0.3 is 0 Å². The summed E-state index contributed by atoms with van der Waals surface area (Å²) in [5, 5.41) is 10.2. The Hall–Kier alpha value is -2.62. The van der Waals surface area contributed by atoms with Crippen LogP contribution in [0, 0.1) is 13.8 Å². The average molecular weight is 431 g/mol. The molecule has 0 unspecified atom stereocenters. The predicted octanol–water partition coefficient (Wildman–Crippen LogP) is 3.57. The van der Waals surface area contributed by atoms with E-state index in [0.717, 1.165) is 33.6 Å². The van der Waals surface area contributed by atoms with Crippen molar-refractivity contribution < 1.29 is 13.2 Å². The summed E-state index contributed by atoms with van der Waals surface area (Å²) in [5.74, 6) is -0.254. The molecule has 3 rings (SSSR count). The van der Waals surface area contributed by atoms with Gasteiger partial charge < -0.3 is 5.32 Å². The fourth-order valence-corrected chi connectivity index (χ4v) is 5.02. The topological polar surface area (TPSA) is 101 Å². The number of nitrogens with one attached hydrogen (secondary N) is 2. The van der Waals surface area contributed by atoms with Crippen LogP contribution in [-0.2, 0) is 14.8 Å². The Morgan fingerprint density at radius 1 is 1.10 bits per heavy atom. The van der Waals surface area contributed by atoms with Gasteiger partial charge in [-0.25, -0.2) is 8.42 Å². The monoisotopic (exact) mass is 430 g/mol. The van der Waals surface area contributed by atoms with Crippen LogP contribution in [0.25, 0.3) is 0 Å². The standard InChI is InChI=1S/C20H22N4O3S2/c1-4-17(25)21-19-22-23-20(28-19)29(26,27)24-18(15-8-6-5-7-9-15)16-11-10-13(2)12-14(16)3/h5-12,18,24H,4H2,1-3H3,(H,21,22,25)/t18-/m0/s1. The Kier molecular flexibility index (Phi) is 6.41. The lowest BCUT2D eigenvalue weighted by Gasteiger charge is -2.21. The fraction of sp³-hybridized carbons (Fsp3) is 0.250. The van der Waals surface area contributed by atoms with Gasteiger partial charge in [0, 0.05) is 6.42 Å². The van der Waals surface area contributed by atoms with Gasteiger partial charge in [-0.2, -0.15) is 4.72 Å². The van der Waals surface area contributed by atoms with E-state index in [2.05, 4.69) is 20.2 Å². The zero-order valence-corrected chi connectivity index (χ0v) is 18.0. The third-order valence-electron chi connectivity index (χ3n) is 4.35. The molecule has 2 aromatic carbocycles.